The average Bonchev–Trinajstić information content (AvgIpc) is 2.68. The number of benzene rings is 1. The zero-order chi connectivity index (χ0) is 11.4. The van der Waals surface area contributed by atoms with Gasteiger partial charge in [0.15, 0.2) is 0 Å². The summed E-state index contributed by atoms with van der Waals surface area (Å²) in [4.78, 5) is 0. The third-order valence-electron chi connectivity index (χ3n) is 2.32. The highest BCUT2D eigenvalue weighted by molar-refractivity contribution is 7.71. The van der Waals surface area contributed by atoms with Gasteiger partial charge in [0, 0.05) is 6.54 Å². The fourth-order valence-electron chi connectivity index (χ4n) is 1.47. The fraction of sp³-hybridized carbons (Fsp3) is 0.300. The predicted octanol–water partition coefficient (Wildman–Crippen LogP) is 1.67. The minimum Gasteiger partial charge on any atom is -0.508 e. The molecule has 0 atom stereocenters. The van der Waals surface area contributed by atoms with E-state index in [1.807, 2.05) is 12.1 Å². The standard InChI is InChI=1S/C10H12N4OS/c15-9-5-3-8(4-6-9)2-1-7-14-10(16)11-12-13-14/h3-6,15H,1-2,7H2,(H,11,13,16). The molecule has 0 amide bonds. The van der Waals surface area contributed by atoms with Crippen molar-refractivity contribution < 1.29 is 5.11 Å². The van der Waals surface area contributed by atoms with Crippen LogP contribution in [0, 0.1) is 4.77 Å². The summed E-state index contributed by atoms with van der Waals surface area (Å²) in [6.45, 7) is 0.771. The molecule has 84 valence electrons. The second kappa shape index (κ2) is 4.89. The van der Waals surface area contributed by atoms with Gasteiger partial charge in [-0.1, -0.05) is 22.4 Å². The first-order valence-corrected chi connectivity index (χ1v) is 5.42. The van der Waals surface area contributed by atoms with Crippen LogP contribution in [0.15, 0.2) is 24.3 Å². The largest absolute Gasteiger partial charge is 0.508 e. The van der Waals surface area contributed by atoms with Crippen LogP contribution in [0.5, 0.6) is 5.75 Å². The Morgan fingerprint density at radius 2 is 2.06 bits per heavy atom. The van der Waals surface area contributed by atoms with Crippen molar-refractivity contribution in [2.24, 2.45) is 0 Å². The highest BCUT2D eigenvalue weighted by Gasteiger charge is 1.97. The van der Waals surface area contributed by atoms with E-state index >= 15 is 0 Å². The Bertz CT molecular complexity index is 502. The Morgan fingerprint density at radius 1 is 1.31 bits per heavy atom. The van der Waals surface area contributed by atoms with E-state index in [-0.39, 0.29) is 0 Å². The zero-order valence-corrected chi connectivity index (χ0v) is 9.44. The van der Waals surface area contributed by atoms with Crippen molar-refractivity contribution in [3.8, 4) is 5.75 Å². The first-order chi connectivity index (χ1) is 7.75. The SMILES string of the molecule is Oc1ccc(CCCn2[nH]nnc2=S)cc1. The van der Waals surface area contributed by atoms with Crippen LogP contribution in [0.25, 0.3) is 0 Å². The zero-order valence-electron chi connectivity index (χ0n) is 8.63. The molecule has 16 heavy (non-hydrogen) atoms. The molecule has 0 radical (unpaired) electrons. The highest BCUT2D eigenvalue weighted by Crippen LogP contribution is 2.11. The van der Waals surface area contributed by atoms with E-state index in [4.69, 9.17) is 17.3 Å². The van der Waals surface area contributed by atoms with Crippen molar-refractivity contribution in [2.45, 2.75) is 19.4 Å². The third kappa shape index (κ3) is 2.66. The van der Waals surface area contributed by atoms with Crippen LogP contribution < -0.4 is 0 Å². The molecule has 0 spiro atoms. The summed E-state index contributed by atoms with van der Waals surface area (Å²) in [6.07, 6.45) is 1.88. The third-order valence-corrected chi connectivity index (χ3v) is 2.62. The average molecular weight is 236 g/mol. The van der Waals surface area contributed by atoms with E-state index in [1.54, 1.807) is 16.8 Å². The van der Waals surface area contributed by atoms with Crippen molar-refractivity contribution in [3.63, 3.8) is 0 Å². The molecule has 2 aromatic rings. The van der Waals surface area contributed by atoms with Crippen LogP contribution in [0.4, 0.5) is 0 Å². The Morgan fingerprint density at radius 3 is 2.69 bits per heavy atom. The number of hydrogen-bond acceptors (Lipinski definition) is 4. The van der Waals surface area contributed by atoms with Crippen LogP contribution in [0.2, 0.25) is 0 Å². The van der Waals surface area contributed by atoms with Gasteiger partial charge in [-0.05, 0) is 42.8 Å². The van der Waals surface area contributed by atoms with E-state index in [0.717, 1.165) is 19.4 Å². The molecule has 2 rings (SSSR count). The van der Waals surface area contributed by atoms with Gasteiger partial charge in [-0.3, -0.25) is 0 Å². The van der Waals surface area contributed by atoms with Gasteiger partial charge in [0.1, 0.15) is 5.75 Å². The molecular weight excluding hydrogens is 224 g/mol. The molecule has 5 nitrogen and oxygen atoms in total. The molecule has 0 aliphatic carbocycles. The maximum Gasteiger partial charge on any atom is 0.238 e. The number of aromatic amines is 1. The number of phenolic OH excluding ortho intramolecular Hbond substituents is 1. The number of hydrogen-bond donors (Lipinski definition) is 2. The molecule has 0 aliphatic rings. The van der Waals surface area contributed by atoms with E-state index in [2.05, 4.69) is 15.5 Å². The highest BCUT2D eigenvalue weighted by atomic mass is 32.1. The van der Waals surface area contributed by atoms with E-state index in [9.17, 15) is 0 Å². The topological polar surface area (TPSA) is 66.7 Å². The lowest BCUT2D eigenvalue weighted by Crippen LogP contribution is -2.01. The van der Waals surface area contributed by atoms with Crippen molar-refractivity contribution in [3.05, 3.63) is 34.6 Å². The smallest absolute Gasteiger partial charge is 0.238 e. The van der Waals surface area contributed by atoms with Gasteiger partial charge in [-0.15, -0.1) is 0 Å². The molecule has 0 unspecified atom stereocenters. The summed E-state index contributed by atoms with van der Waals surface area (Å²) >= 11 is 4.96. The lowest BCUT2D eigenvalue weighted by atomic mass is 10.1. The van der Waals surface area contributed by atoms with E-state index < -0.39 is 0 Å². The minimum absolute atomic E-state index is 0.295. The van der Waals surface area contributed by atoms with Crippen molar-refractivity contribution >= 4 is 12.2 Å². The number of nitrogens with one attached hydrogen (secondary N) is 1. The molecular formula is C10H12N4OS. The Labute approximate surface area is 97.7 Å². The number of aryl methyl sites for hydroxylation is 2. The minimum atomic E-state index is 0.295. The number of rotatable bonds is 4. The van der Waals surface area contributed by atoms with Crippen LogP contribution in [0.1, 0.15) is 12.0 Å². The first-order valence-electron chi connectivity index (χ1n) is 5.01. The van der Waals surface area contributed by atoms with Crippen LogP contribution in [-0.2, 0) is 13.0 Å². The van der Waals surface area contributed by atoms with Crippen molar-refractivity contribution in [1.29, 1.82) is 0 Å². The summed E-state index contributed by atoms with van der Waals surface area (Å²) in [5.41, 5.74) is 1.19. The summed E-state index contributed by atoms with van der Waals surface area (Å²) in [5.74, 6) is 0.295. The molecule has 1 heterocycles. The molecule has 0 saturated carbocycles. The molecule has 0 bridgehead atoms. The number of aromatic nitrogens is 4. The summed E-state index contributed by atoms with van der Waals surface area (Å²) in [5, 5.41) is 19.1. The van der Waals surface area contributed by atoms with Gasteiger partial charge in [-0.2, -0.15) is 5.21 Å². The molecule has 0 aliphatic heterocycles. The predicted molar refractivity (Wildman–Crippen MR) is 61.6 cm³/mol. The number of H-pyrrole nitrogens is 1. The van der Waals surface area contributed by atoms with Crippen LogP contribution in [0.3, 0.4) is 0 Å². The Kier molecular flexibility index (Phi) is 3.31. The first kappa shape index (κ1) is 10.8. The van der Waals surface area contributed by atoms with Crippen molar-refractivity contribution in [1.82, 2.24) is 20.2 Å². The van der Waals surface area contributed by atoms with E-state index in [1.165, 1.54) is 5.56 Å². The summed E-state index contributed by atoms with van der Waals surface area (Å²) in [7, 11) is 0. The lowest BCUT2D eigenvalue weighted by Gasteiger charge is -2.02. The van der Waals surface area contributed by atoms with E-state index in [0.29, 0.717) is 10.5 Å². The number of aromatic hydroxyl groups is 1. The molecule has 0 fully saturated rings. The molecule has 1 aromatic heterocycles. The monoisotopic (exact) mass is 236 g/mol. The maximum absolute atomic E-state index is 9.13. The Balaban J connectivity index is 1.87. The van der Waals surface area contributed by atoms with Gasteiger partial charge < -0.3 is 5.11 Å². The quantitative estimate of drug-likeness (QED) is 0.792. The summed E-state index contributed by atoms with van der Waals surface area (Å²) in [6, 6.07) is 7.22. The van der Waals surface area contributed by atoms with Gasteiger partial charge >= 0.3 is 0 Å². The lowest BCUT2D eigenvalue weighted by molar-refractivity contribution is 0.475. The van der Waals surface area contributed by atoms with Gasteiger partial charge in [0.25, 0.3) is 0 Å². The molecule has 0 saturated heterocycles. The maximum atomic E-state index is 9.13. The van der Waals surface area contributed by atoms with Gasteiger partial charge in [0.05, 0.1) is 0 Å². The number of tetrazole rings is 1. The summed E-state index contributed by atoms with van der Waals surface area (Å²) < 4.78 is 2.21. The molecule has 6 heteroatoms. The second-order valence-corrected chi connectivity index (χ2v) is 3.87. The second-order valence-electron chi connectivity index (χ2n) is 3.50. The normalized spacial score (nSPS) is 10.5. The molecule has 1 aromatic carbocycles. The van der Waals surface area contributed by atoms with Gasteiger partial charge in [0.2, 0.25) is 4.77 Å². The Hall–Kier alpha value is -1.69. The number of nitrogens with zero attached hydrogens (tertiary/aromatic N) is 3. The fourth-order valence-corrected chi connectivity index (χ4v) is 1.64. The van der Waals surface area contributed by atoms with Crippen LogP contribution in [-0.4, -0.2) is 25.3 Å². The number of phenols is 1. The molecule has 2 N–H and O–H groups in total. The van der Waals surface area contributed by atoms with Gasteiger partial charge in [-0.25, -0.2) is 4.68 Å². The van der Waals surface area contributed by atoms with Crippen molar-refractivity contribution in [2.75, 3.05) is 0 Å². The van der Waals surface area contributed by atoms with Crippen LogP contribution >= 0.6 is 12.2 Å².